The van der Waals surface area contributed by atoms with Crippen molar-refractivity contribution in [3.8, 4) is 0 Å². The largest absolute Gasteiger partial charge is 0.481 e. The molecule has 1 unspecified atom stereocenters. The number of carbonyl (C=O) groups is 1. The lowest BCUT2D eigenvalue weighted by molar-refractivity contribution is -0.138. The van der Waals surface area contributed by atoms with E-state index in [2.05, 4.69) is 15.9 Å². The van der Waals surface area contributed by atoms with Gasteiger partial charge in [-0.25, -0.2) is 0 Å². The van der Waals surface area contributed by atoms with Crippen molar-refractivity contribution >= 4 is 45.1 Å². The number of rotatable bonds is 4. The molecular formula is C15H11BrCl2O2. The van der Waals surface area contributed by atoms with Crippen LogP contribution in [0.25, 0.3) is 0 Å². The van der Waals surface area contributed by atoms with Crippen LogP contribution < -0.4 is 0 Å². The SMILES string of the molecule is O=C(O)C(Cc1cccc(Cl)c1Cl)c1cccc(Br)c1. The standard InChI is InChI=1S/C15H11BrCl2O2/c16-11-5-1-3-9(7-11)12(15(19)20)8-10-4-2-6-13(17)14(10)18/h1-7,12H,8H2,(H,19,20). The molecule has 0 fully saturated rings. The molecule has 20 heavy (non-hydrogen) atoms. The summed E-state index contributed by atoms with van der Waals surface area (Å²) in [5, 5.41) is 10.3. The van der Waals surface area contributed by atoms with Crippen molar-refractivity contribution < 1.29 is 9.90 Å². The number of carboxylic acids is 1. The molecule has 0 amide bonds. The molecule has 1 atom stereocenters. The molecule has 0 bridgehead atoms. The number of hydrogen-bond acceptors (Lipinski definition) is 1. The second kappa shape index (κ2) is 6.61. The highest BCUT2D eigenvalue weighted by atomic mass is 79.9. The zero-order valence-electron chi connectivity index (χ0n) is 10.3. The summed E-state index contributed by atoms with van der Waals surface area (Å²) in [6, 6.07) is 12.5. The van der Waals surface area contributed by atoms with Crippen LogP contribution in [-0.2, 0) is 11.2 Å². The predicted molar refractivity (Wildman–Crippen MR) is 84.7 cm³/mol. The number of halogens is 3. The molecule has 0 aromatic heterocycles. The minimum Gasteiger partial charge on any atom is -0.481 e. The highest BCUT2D eigenvalue weighted by molar-refractivity contribution is 9.10. The molecule has 104 valence electrons. The summed E-state index contributed by atoms with van der Waals surface area (Å²) in [6.07, 6.45) is 0.297. The zero-order valence-corrected chi connectivity index (χ0v) is 13.4. The van der Waals surface area contributed by atoms with Gasteiger partial charge in [0.2, 0.25) is 0 Å². The van der Waals surface area contributed by atoms with Crippen molar-refractivity contribution in [2.45, 2.75) is 12.3 Å². The van der Waals surface area contributed by atoms with Gasteiger partial charge in [0.15, 0.2) is 0 Å². The van der Waals surface area contributed by atoms with Gasteiger partial charge in [-0.15, -0.1) is 0 Å². The molecule has 0 aliphatic rings. The van der Waals surface area contributed by atoms with Crippen molar-refractivity contribution in [1.29, 1.82) is 0 Å². The maximum Gasteiger partial charge on any atom is 0.311 e. The van der Waals surface area contributed by atoms with E-state index in [1.807, 2.05) is 12.1 Å². The van der Waals surface area contributed by atoms with Gasteiger partial charge in [-0.1, -0.05) is 63.4 Å². The van der Waals surface area contributed by atoms with Crippen LogP contribution in [0.15, 0.2) is 46.9 Å². The van der Waals surface area contributed by atoms with Gasteiger partial charge in [-0.2, -0.15) is 0 Å². The van der Waals surface area contributed by atoms with E-state index in [9.17, 15) is 9.90 Å². The monoisotopic (exact) mass is 372 g/mol. The van der Waals surface area contributed by atoms with E-state index in [0.29, 0.717) is 16.5 Å². The van der Waals surface area contributed by atoms with E-state index >= 15 is 0 Å². The van der Waals surface area contributed by atoms with Gasteiger partial charge >= 0.3 is 5.97 Å². The van der Waals surface area contributed by atoms with Crippen LogP contribution in [0.4, 0.5) is 0 Å². The third-order valence-corrected chi connectivity index (χ3v) is 4.36. The molecule has 2 nitrogen and oxygen atoms in total. The maximum atomic E-state index is 11.5. The van der Waals surface area contributed by atoms with E-state index in [1.54, 1.807) is 30.3 Å². The van der Waals surface area contributed by atoms with Crippen molar-refractivity contribution in [2.75, 3.05) is 0 Å². The third-order valence-electron chi connectivity index (χ3n) is 3.00. The van der Waals surface area contributed by atoms with E-state index in [0.717, 1.165) is 15.6 Å². The number of aliphatic carboxylic acids is 1. The maximum absolute atomic E-state index is 11.5. The topological polar surface area (TPSA) is 37.3 Å². The fourth-order valence-electron chi connectivity index (χ4n) is 2.00. The van der Waals surface area contributed by atoms with Crippen LogP contribution in [0.3, 0.4) is 0 Å². The highest BCUT2D eigenvalue weighted by Crippen LogP contribution is 2.31. The molecule has 0 spiro atoms. The lowest BCUT2D eigenvalue weighted by Gasteiger charge is -2.14. The van der Waals surface area contributed by atoms with Crippen LogP contribution in [0, 0.1) is 0 Å². The Labute approximate surface area is 135 Å². The van der Waals surface area contributed by atoms with Crippen LogP contribution in [0.5, 0.6) is 0 Å². The fraction of sp³-hybridized carbons (Fsp3) is 0.133. The van der Waals surface area contributed by atoms with E-state index in [1.165, 1.54) is 0 Å². The Hall–Kier alpha value is -1.03. The van der Waals surface area contributed by atoms with E-state index < -0.39 is 11.9 Å². The summed E-state index contributed by atoms with van der Waals surface area (Å²) in [4.78, 5) is 11.5. The molecule has 0 saturated carbocycles. The quantitative estimate of drug-likeness (QED) is 0.802. The van der Waals surface area contributed by atoms with Gasteiger partial charge in [0.25, 0.3) is 0 Å². The first-order valence-electron chi connectivity index (χ1n) is 5.90. The first-order valence-corrected chi connectivity index (χ1v) is 7.45. The summed E-state index contributed by atoms with van der Waals surface area (Å²) in [7, 11) is 0. The zero-order chi connectivity index (χ0) is 14.7. The number of benzene rings is 2. The summed E-state index contributed by atoms with van der Waals surface area (Å²) in [6.45, 7) is 0. The van der Waals surface area contributed by atoms with Crippen LogP contribution in [0.1, 0.15) is 17.0 Å². The van der Waals surface area contributed by atoms with Crippen LogP contribution in [0.2, 0.25) is 10.0 Å². The molecule has 2 aromatic rings. The van der Waals surface area contributed by atoms with Crippen molar-refractivity contribution in [1.82, 2.24) is 0 Å². The van der Waals surface area contributed by atoms with Gasteiger partial charge in [0.1, 0.15) is 0 Å². The number of carboxylic acid groups (broad SMARTS) is 1. The molecule has 5 heteroatoms. The third kappa shape index (κ3) is 3.54. The lowest BCUT2D eigenvalue weighted by Crippen LogP contribution is -2.14. The molecule has 0 radical (unpaired) electrons. The Morgan fingerprint density at radius 2 is 1.90 bits per heavy atom. The molecular weight excluding hydrogens is 363 g/mol. The summed E-state index contributed by atoms with van der Waals surface area (Å²) >= 11 is 15.4. The Bertz CT molecular complexity index is 644. The average Bonchev–Trinajstić information content (AvgIpc) is 2.40. The molecule has 0 aliphatic carbocycles. The van der Waals surface area contributed by atoms with E-state index in [4.69, 9.17) is 23.2 Å². The van der Waals surface area contributed by atoms with Crippen molar-refractivity contribution in [3.05, 3.63) is 68.1 Å². The molecule has 1 N–H and O–H groups in total. The smallest absolute Gasteiger partial charge is 0.311 e. The second-order valence-corrected chi connectivity index (χ2v) is 6.06. The van der Waals surface area contributed by atoms with Gasteiger partial charge < -0.3 is 5.11 Å². The van der Waals surface area contributed by atoms with Gasteiger partial charge in [-0.05, 0) is 35.7 Å². The highest BCUT2D eigenvalue weighted by Gasteiger charge is 2.22. The first kappa shape index (κ1) is 15.4. The van der Waals surface area contributed by atoms with E-state index in [-0.39, 0.29) is 0 Å². The Kier molecular flexibility index (Phi) is 5.08. The lowest BCUT2D eigenvalue weighted by atomic mass is 9.92. The Morgan fingerprint density at radius 3 is 2.55 bits per heavy atom. The first-order chi connectivity index (χ1) is 9.49. The van der Waals surface area contributed by atoms with Crippen molar-refractivity contribution in [3.63, 3.8) is 0 Å². The Balaban J connectivity index is 2.36. The van der Waals surface area contributed by atoms with Crippen molar-refractivity contribution in [2.24, 2.45) is 0 Å². The molecule has 2 aromatic carbocycles. The van der Waals surface area contributed by atoms with Gasteiger partial charge in [0.05, 0.1) is 16.0 Å². The minimum atomic E-state index is -0.890. The predicted octanol–water partition coefficient (Wildman–Crippen LogP) is 5.17. The van der Waals surface area contributed by atoms with Crippen LogP contribution in [-0.4, -0.2) is 11.1 Å². The van der Waals surface area contributed by atoms with Crippen LogP contribution >= 0.6 is 39.1 Å². The fourth-order valence-corrected chi connectivity index (χ4v) is 2.81. The van der Waals surface area contributed by atoms with Gasteiger partial charge in [0, 0.05) is 4.47 Å². The second-order valence-electron chi connectivity index (χ2n) is 4.36. The summed E-state index contributed by atoms with van der Waals surface area (Å²) < 4.78 is 0.846. The Morgan fingerprint density at radius 1 is 1.20 bits per heavy atom. The average molecular weight is 374 g/mol. The number of hydrogen-bond donors (Lipinski definition) is 1. The summed E-state index contributed by atoms with van der Waals surface area (Å²) in [5.74, 6) is -1.55. The summed E-state index contributed by atoms with van der Waals surface area (Å²) in [5.41, 5.74) is 1.45. The minimum absolute atomic E-state index is 0.297. The van der Waals surface area contributed by atoms with Gasteiger partial charge in [-0.3, -0.25) is 4.79 Å². The molecule has 2 rings (SSSR count). The molecule has 0 aliphatic heterocycles. The normalized spacial score (nSPS) is 12.2. The molecule has 0 heterocycles. The molecule has 0 saturated heterocycles.